The first kappa shape index (κ1) is 19.2. The third kappa shape index (κ3) is 4.83. The third-order valence-electron chi connectivity index (χ3n) is 5.92. The summed E-state index contributed by atoms with van der Waals surface area (Å²) in [7, 11) is 0. The van der Waals surface area contributed by atoms with Gasteiger partial charge in [-0.25, -0.2) is 0 Å². The molecule has 6 nitrogen and oxygen atoms in total. The van der Waals surface area contributed by atoms with Crippen molar-refractivity contribution in [1.82, 2.24) is 20.0 Å². The van der Waals surface area contributed by atoms with Gasteiger partial charge in [-0.3, -0.25) is 14.8 Å². The number of rotatable bonds is 5. The van der Waals surface area contributed by atoms with Crippen LogP contribution < -0.4 is 5.32 Å². The van der Waals surface area contributed by atoms with E-state index in [2.05, 4.69) is 38.4 Å². The van der Waals surface area contributed by atoms with Crippen LogP contribution in [-0.4, -0.2) is 92.3 Å². The van der Waals surface area contributed by atoms with Crippen LogP contribution in [0.15, 0.2) is 16.4 Å². The minimum atomic E-state index is 0.650. The summed E-state index contributed by atoms with van der Waals surface area (Å²) < 4.78 is 5.50. The van der Waals surface area contributed by atoms with Crippen LogP contribution in [0.2, 0.25) is 0 Å². The number of hydrogen-bond acceptors (Lipinski definition) is 5. The third-order valence-corrected chi connectivity index (χ3v) is 6.95. The van der Waals surface area contributed by atoms with Gasteiger partial charge in [-0.05, 0) is 36.8 Å². The summed E-state index contributed by atoms with van der Waals surface area (Å²) in [6.45, 7) is 13.4. The average molecular weight is 392 g/mol. The first-order valence-electron chi connectivity index (χ1n) is 10.5. The van der Waals surface area contributed by atoms with Gasteiger partial charge in [0.15, 0.2) is 5.96 Å². The van der Waals surface area contributed by atoms with Crippen molar-refractivity contribution in [2.75, 3.05) is 65.6 Å². The SMILES string of the molecule is CCNC(=NCCN1CCc2sccc2C1)N1CCC(N2CCOCC2)C1. The lowest BCUT2D eigenvalue weighted by molar-refractivity contribution is 0.0195. The summed E-state index contributed by atoms with van der Waals surface area (Å²) in [5.74, 6) is 1.10. The van der Waals surface area contributed by atoms with Gasteiger partial charge in [-0.2, -0.15) is 0 Å². The molecule has 1 unspecified atom stereocenters. The van der Waals surface area contributed by atoms with Crippen molar-refractivity contribution in [3.05, 3.63) is 21.9 Å². The molecule has 0 saturated carbocycles. The highest BCUT2D eigenvalue weighted by Gasteiger charge is 2.30. The van der Waals surface area contributed by atoms with E-state index in [1.165, 1.54) is 24.9 Å². The molecule has 7 heteroatoms. The number of nitrogens with zero attached hydrogens (tertiary/aromatic N) is 4. The molecule has 150 valence electrons. The van der Waals surface area contributed by atoms with E-state index in [-0.39, 0.29) is 0 Å². The molecule has 0 aromatic carbocycles. The lowest BCUT2D eigenvalue weighted by Crippen LogP contribution is -2.46. The molecular weight excluding hydrogens is 358 g/mol. The van der Waals surface area contributed by atoms with Crippen LogP contribution in [-0.2, 0) is 17.7 Å². The van der Waals surface area contributed by atoms with Crippen molar-refractivity contribution in [3.63, 3.8) is 0 Å². The zero-order valence-corrected chi connectivity index (χ0v) is 17.3. The first-order chi connectivity index (χ1) is 13.3. The number of hydrogen-bond donors (Lipinski definition) is 1. The largest absolute Gasteiger partial charge is 0.379 e. The molecule has 3 aliphatic rings. The standard InChI is InChI=1S/C20H33N5OS/c1-2-21-20(25-8-3-18(16-25)24-10-12-26-13-11-24)22-6-9-23-7-4-19-17(15-23)5-14-27-19/h5,14,18H,2-4,6-13,15-16H2,1H3,(H,21,22). The predicted molar refractivity (Wildman–Crippen MR) is 112 cm³/mol. The Morgan fingerprint density at radius 1 is 1.30 bits per heavy atom. The highest BCUT2D eigenvalue weighted by molar-refractivity contribution is 7.10. The summed E-state index contributed by atoms with van der Waals surface area (Å²) in [5, 5.41) is 5.74. The minimum Gasteiger partial charge on any atom is -0.379 e. The fourth-order valence-electron chi connectivity index (χ4n) is 4.40. The molecule has 1 N–H and O–H groups in total. The van der Waals surface area contributed by atoms with Gasteiger partial charge >= 0.3 is 0 Å². The fourth-order valence-corrected chi connectivity index (χ4v) is 5.29. The maximum Gasteiger partial charge on any atom is 0.194 e. The van der Waals surface area contributed by atoms with Crippen LogP contribution in [0.4, 0.5) is 0 Å². The second kappa shape index (κ2) is 9.37. The number of nitrogens with one attached hydrogen (secondary N) is 1. The second-order valence-electron chi connectivity index (χ2n) is 7.67. The van der Waals surface area contributed by atoms with Gasteiger partial charge in [0.25, 0.3) is 0 Å². The zero-order chi connectivity index (χ0) is 18.5. The van der Waals surface area contributed by atoms with Gasteiger partial charge in [0.1, 0.15) is 0 Å². The van der Waals surface area contributed by atoms with E-state index < -0.39 is 0 Å². The molecule has 4 heterocycles. The van der Waals surface area contributed by atoms with Crippen molar-refractivity contribution in [2.24, 2.45) is 4.99 Å². The van der Waals surface area contributed by atoms with E-state index in [1.54, 1.807) is 4.88 Å². The monoisotopic (exact) mass is 391 g/mol. The maximum atomic E-state index is 5.50. The smallest absolute Gasteiger partial charge is 0.194 e. The molecule has 1 aromatic rings. The summed E-state index contributed by atoms with van der Waals surface area (Å²) in [6, 6.07) is 2.94. The summed E-state index contributed by atoms with van der Waals surface area (Å²) >= 11 is 1.91. The molecular formula is C20H33N5OS. The van der Waals surface area contributed by atoms with Crippen molar-refractivity contribution in [1.29, 1.82) is 0 Å². The van der Waals surface area contributed by atoms with E-state index in [1.807, 2.05) is 11.3 Å². The van der Waals surface area contributed by atoms with Crippen molar-refractivity contribution < 1.29 is 4.74 Å². The number of guanidine groups is 1. The first-order valence-corrected chi connectivity index (χ1v) is 11.3. The van der Waals surface area contributed by atoms with Crippen LogP contribution >= 0.6 is 11.3 Å². The lowest BCUT2D eigenvalue weighted by atomic mass is 10.1. The van der Waals surface area contributed by atoms with Crippen molar-refractivity contribution >= 4 is 17.3 Å². The fraction of sp³-hybridized carbons (Fsp3) is 0.750. The van der Waals surface area contributed by atoms with E-state index in [0.29, 0.717) is 6.04 Å². The predicted octanol–water partition coefficient (Wildman–Crippen LogP) is 1.48. The normalized spacial score (nSPS) is 25.0. The molecule has 0 radical (unpaired) electrons. The number of morpholine rings is 1. The second-order valence-corrected chi connectivity index (χ2v) is 8.67. The van der Waals surface area contributed by atoms with E-state index in [4.69, 9.17) is 9.73 Å². The molecule has 27 heavy (non-hydrogen) atoms. The van der Waals surface area contributed by atoms with Crippen LogP contribution in [0.1, 0.15) is 23.8 Å². The molecule has 2 fully saturated rings. The van der Waals surface area contributed by atoms with Crippen molar-refractivity contribution in [3.8, 4) is 0 Å². The van der Waals surface area contributed by atoms with E-state index in [0.717, 1.165) is 71.5 Å². The maximum absolute atomic E-state index is 5.50. The Kier molecular flexibility index (Phi) is 6.65. The molecule has 2 saturated heterocycles. The zero-order valence-electron chi connectivity index (χ0n) is 16.5. The molecule has 1 atom stereocenters. The molecule has 0 bridgehead atoms. The molecule has 0 spiro atoms. The molecule has 3 aliphatic heterocycles. The molecule has 4 rings (SSSR count). The van der Waals surface area contributed by atoms with Crippen LogP contribution in [0.3, 0.4) is 0 Å². The number of fused-ring (bicyclic) bond motifs is 1. The Balaban J connectivity index is 1.28. The van der Waals surface area contributed by atoms with Crippen LogP contribution in [0, 0.1) is 0 Å². The topological polar surface area (TPSA) is 43.3 Å². The Labute approximate surface area is 167 Å². The highest BCUT2D eigenvalue weighted by atomic mass is 32.1. The Morgan fingerprint density at radius 2 is 2.19 bits per heavy atom. The van der Waals surface area contributed by atoms with Gasteiger partial charge in [0.2, 0.25) is 0 Å². The molecule has 0 aliphatic carbocycles. The highest BCUT2D eigenvalue weighted by Crippen LogP contribution is 2.23. The van der Waals surface area contributed by atoms with Gasteiger partial charge in [-0.15, -0.1) is 11.3 Å². The summed E-state index contributed by atoms with van der Waals surface area (Å²) in [6.07, 6.45) is 2.43. The summed E-state index contributed by atoms with van der Waals surface area (Å²) in [5.41, 5.74) is 1.52. The Hall–Kier alpha value is -1.15. The Morgan fingerprint density at radius 3 is 3.04 bits per heavy atom. The van der Waals surface area contributed by atoms with Gasteiger partial charge in [0.05, 0.1) is 19.8 Å². The quantitative estimate of drug-likeness (QED) is 0.608. The number of thiophene rings is 1. The van der Waals surface area contributed by atoms with E-state index >= 15 is 0 Å². The average Bonchev–Trinajstić information content (AvgIpc) is 3.37. The van der Waals surface area contributed by atoms with Crippen molar-refractivity contribution in [2.45, 2.75) is 32.4 Å². The van der Waals surface area contributed by atoms with Gasteiger partial charge in [0, 0.05) is 63.3 Å². The number of aliphatic imine (C=N–C) groups is 1. The number of likely N-dealkylation sites (tertiary alicyclic amines) is 1. The minimum absolute atomic E-state index is 0.650. The summed E-state index contributed by atoms with van der Waals surface area (Å²) in [4.78, 5) is 14.1. The van der Waals surface area contributed by atoms with Crippen LogP contribution in [0.5, 0.6) is 0 Å². The molecule has 0 amide bonds. The van der Waals surface area contributed by atoms with Gasteiger partial charge in [-0.1, -0.05) is 0 Å². The molecule has 1 aromatic heterocycles. The Bertz CT molecular complexity index is 628. The van der Waals surface area contributed by atoms with Gasteiger partial charge < -0.3 is 15.0 Å². The van der Waals surface area contributed by atoms with E-state index in [9.17, 15) is 0 Å². The van der Waals surface area contributed by atoms with Crippen LogP contribution in [0.25, 0.3) is 0 Å². The lowest BCUT2D eigenvalue weighted by Gasteiger charge is -2.32. The number of ether oxygens (including phenoxy) is 1.